The Morgan fingerprint density at radius 1 is 1.09 bits per heavy atom. The van der Waals surface area contributed by atoms with E-state index in [2.05, 4.69) is 19.9 Å². The van der Waals surface area contributed by atoms with Crippen LogP contribution in [0.1, 0.15) is 12.8 Å². The number of aromatic amines is 1. The smallest absolute Gasteiger partial charge is 0.316 e. The van der Waals surface area contributed by atoms with Crippen LogP contribution in [0.3, 0.4) is 0 Å². The highest BCUT2D eigenvalue weighted by molar-refractivity contribution is 6.31. The van der Waals surface area contributed by atoms with Crippen molar-refractivity contribution in [2.24, 2.45) is 5.92 Å². The van der Waals surface area contributed by atoms with E-state index >= 15 is 0 Å². The minimum atomic E-state index is -0.847. The maximum Gasteiger partial charge on any atom is 0.316 e. The fourth-order valence-electron chi connectivity index (χ4n) is 3.60. The van der Waals surface area contributed by atoms with Crippen LogP contribution < -0.4 is 4.74 Å². The Morgan fingerprint density at radius 2 is 1.78 bits per heavy atom. The number of imidazole rings is 1. The predicted octanol–water partition coefficient (Wildman–Crippen LogP) is 4.86. The molecule has 1 aliphatic rings. The molecule has 1 aliphatic carbocycles. The number of carboxylic acid groups (broad SMARTS) is 1. The van der Waals surface area contributed by atoms with Gasteiger partial charge in [0, 0.05) is 23.0 Å². The first kappa shape index (κ1) is 20.3. The average Bonchev–Trinajstić information content (AvgIpc) is 3.12. The zero-order chi connectivity index (χ0) is 22.4. The van der Waals surface area contributed by atoms with E-state index in [0.717, 1.165) is 0 Å². The number of H-pyrrole nitrogens is 1. The molecule has 0 radical (unpaired) electrons. The molecule has 2 aromatic heterocycles. The highest BCUT2D eigenvalue weighted by Gasteiger charge is 2.36. The molecule has 1 fully saturated rings. The number of fused-ring (bicyclic) bond motifs is 1. The molecule has 0 bridgehead atoms. The lowest BCUT2D eigenvalue weighted by molar-refractivity contribution is -0.148. The van der Waals surface area contributed by atoms with Crippen LogP contribution >= 0.6 is 11.6 Å². The molecular formula is C22H15ClF2N4O3. The minimum Gasteiger partial charge on any atom is -0.481 e. The van der Waals surface area contributed by atoms with E-state index in [1.165, 1.54) is 24.5 Å². The largest absolute Gasteiger partial charge is 0.481 e. The van der Waals surface area contributed by atoms with E-state index in [1.54, 1.807) is 18.2 Å². The summed E-state index contributed by atoms with van der Waals surface area (Å²) in [4.78, 5) is 26.1. The van der Waals surface area contributed by atoms with Gasteiger partial charge in [-0.2, -0.15) is 0 Å². The average molecular weight is 457 g/mol. The number of benzene rings is 2. The number of aromatic nitrogens is 4. The molecule has 2 aromatic carbocycles. The summed E-state index contributed by atoms with van der Waals surface area (Å²) < 4.78 is 35.2. The number of aliphatic carboxylic acids is 1. The fraction of sp³-hybridized carbons (Fsp3) is 0.182. The van der Waals surface area contributed by atoms with E-state index in [4.69, 9.17) is 21.4 Å². The van der Waals surface area contributed by atoms with Crippen LogP contribution in [-0.4, -0.2) is 37.1 Å². The highest BCUT2D eigenvalue weighted by Crippen LogP contribution is 2.32. The van der Waals surface area contributed by atoms with E-state index in [9.17, 15) is 13.6 Å². The van der Waals surface area contributed by atoms with Crippen LogP contribution in [0, 0.1) is 17.6 Å². The highest BCUT2D eigenvalue weighted by atomic mass is 35.5. The number of halogens is 3. The summed E-state index contributed by atoms with van der Waals surface area (Å²) in [6.45, 7) is 0. The minimum absolute atomic E-state index is 0.0592. The molecule has 0 aliphatic heterocycles. The third-order valence-corrected chi connectivity index (χ3v) is 5.64. The first-order valence-corrected chi connectivity index (χ1v) is 10.1. The third kappa shape index (κ3) is 3.75. The lowest BCUT2D eigenvalue weighted by Crippen LogP contribution is -2.38. The molecule has 162 valence electrons. The number of carboxylic acids is 1. The quantitative estimate of drug-likeness (QED) is 0.444. The number of carbonyl (C=O) groups is 1. The molecule has 10 heteroatoms. The maximum absolute atomic E-state index is 14.9. The second kappa shape index (κ2) is 7.83. The number of nitrogens with zero attached hydrogens (tertiary/aromatic N) is 3. The molecule has 0 spiro atoms. The molecular weight excluding hydrogens is 442 g/mol. The zero-order valence-corrected chi connectivity index (χ0v) is 17.1. The van der Waals surface area contributed by atoms with Crippen LogP contribution in [0.2, 0.25) is 5.02 Å². The van der Waals surface area contributed by atoms with Gasteiger partial charge < -0.3 is 14.8 Å². The monoisotopic (exact) mass is 456 g/mol. The van der Waals surface area contributed by atoms with Crippen LogP contribution in [0.25, 0.3) is 33.5 Å². The Balaban J connectivity index is 1.37. The van der Waals surface area contributed by atoms with Crippen molar-refractivity contribution in [1.82, 2.24) is 19.9 Å². The second-order valence-corrected chi connectivity index (χ2v) is 8.00. The lowest BCUT2D eigenvalue weighted by atomic mass is 9.82. The Bertz CT molecular complexity index is 1310. The molecule has 2 N–H and O–H groups in total. The van der Waals surface area contributed by atoms with Crippen molar-refractivity contribution in [2.75, 3.05) is 0 Å². The van der Waals surface area contributed by atoms with E-state index in [-0.39, 0.29) is 29.1 Å². The van der Waals surface area contributed by atoms with Gasteiger partial charge in [-0.15, -0.1) is 0 Å². The summed E-state index contributed by atoms with van der Waals surface area (Å²) in [7, 11) is 0. The maximum atomic E-state index is 14.9. The zero-order valence-electron chi connectivity index (χ0n) is 16.3. The number of hydrogen-bond acceptors (Lipinski definition) is 5. The van der Waals surface area contributed by atoms with Gasteiger partial charge in [-0.25, -0.2) is 23.7 Å². The summed E-state index contributed by atoms with van der Waals surface area (Å²) in [5.41, 5.74) is 1.48. The van der Waals surface area contributed by atoms with Crippen molar-refractivity contribution in [3.63, 3.8) is 0 Å². The Morgan fingerprint density at radius 3 is 2.44 bits per heavy atom. The molecule has 2 heterocycles. The van der Waals surface area contributed by atoms with Crippen LogP contribution in [-0.2, 0) is 4.79 Å². The Labute approximate surface area is 185 Å². The molecule has 4 aromatic rings. The van der Waals surface area contributed by atoms with E-state index in [1.807, 2.05) is 0 Å². The Hall–Kier alpha value is -3.59. The molecule has 32 heavy (non-hydrogen) atoms. The third-order valence-electron chi connectivity index (χ3n) is 5.40. The van der Waals surface area contributed by atoms with Gasteiger partial charge in [-0.3, -0.25) is 4.79 Å². The van der Waals surface area contributed by atoms with Gasteiger partial charge in [0.1, 0.15) is 23.6 Å². The summed E-state index contributed by atoms with van der Waals surface area (Å²) in [6.07, 6.45) is 3.33. The van der Waals surface area contributed by atoms with Crippen molar-refractivity contribution < 1.29 is 23.4 Å². The van der Waals surface area contributed by atoms with Gasteiger partial charge >= 0.3 is 12.0 Å². The molecule has 0 atom stereocenters. The van der Waals surface area contributed by atoms with Crippen molar-refractivity contribution in [1.29, 1.82) is 0 Å². The lowest BCUT2D eigenvalue weighted by Gasteiger charge is -2.31. The van der Waals surface area contributed by atoms with Crippen molar-refractivity contribution >= 4 is 28.6 Å². The van der Waals surface area contributed by atoms with Crippen LogP contribution in [0.5, 0.6) is 6.01 Å². The van der Waals surface area contributed by atoms with Crippen molar-refractivity contribution in [3.05, 3.63) is 59.4 Å². The normalized spacial score (nSPS) is 17.8. The van der Waals surface area contributed by atoms with Gasteiger partial charge in [0.05, 0.1) is 22.5 Å². The molecule has 7 nitrogen and oxygen atoms in total. The molecule has 5 rings (SSSR count). The molecule has 1 saturated carbocycles. The number of ether oxygens (including phenoxy) is 1. The summed E-state index contributed by atoms with van der Waals surface area (Å²) in [5, 5.41) is 9.39. The van der Waals surface area contributed by atoms with Crippen molar-refractivity contribution in [3.8, 4) is 28.5 Å². The predicted molar refractivity (Wildman–Crippen MR) is 112 cm³/mol. The van der Waals surface area contributed by atoms with Gasteiger partial charge in [0.2, 0.25) is 0 Å². The molecule has 0 saturated heterocycles. The fourth-order valence-corrected chi connectivity index (χ4v) is 3.78. The summed E-state index contributed by atoms with van der Waals surface area (Å²) >= 11 is 5.95. The first-order chi connectivity index (χ1) is 15.4. The Kier molecular flexibility index (Phi) is 4.97. The summed E-state index contributed by atoms with van der Waals surface area (Å²) in [5.74, 6) is -2.78. The molecule has 0 unspecified atom stereocenters. The number of nitrogens with one attached hydrogen (secondary N) is 1. The van der Waals surface area contributed by atoms with Gasteiger partial charge in [0.25, 0.3) is 0 Å². The summed E-state index contributed by atoms with van der Waals surface area (Å²) in [6, 6.07) is 7.38. The number of hydrogen-bond donors (Lipinski definition) is 2. The van der Waals surface area contributed by atoms with Gasteiger partial charge in [-0.1, -0.05) is 11.6 Å². The molecule has 0 amide bonds. The van der Waals surface area contributed by atoms with E-state index in [0.29, 0.717) is 34.5 Å². The van der Waals surface area contributed by atoms with Gasteiger partial charge in [0.15, 0.2) is 0 Å². The van der Waals surface area contributed by atoms with Crippen LogP contribution in [0.4, 0.5) is 8.78 Å². The van der Waals surface area contributed by atoms with Crippen molar-refractivity contribution in [2.45, 2.75) is 18.9 Å². The second-order valence-electron chi connectivity index (χ2n) is 7.56. The SMILES string of the molecule is O=C(O)C1CC(Oc2ncc(-c3cc(F)c(-c4nc5ccc(Cl)cc5[nH]4)c(F)c3)cn2)C1. The topological polar surface area (TPSA) is 101 Å². The van der Waals surface area contributed by atoms with E-state index < -0.39 is 23.5 Å². The number of rotatable bonds is 5. The standard InChI is InChI=1S/C22H15ClF2N4O3/c23-13-1-2-17-18(7-13)29-20(28-17)19-15(24)5-10(6-16(19)25)12-8-26-22(27-9-12)32-14-3-11(4-14)21(30)31/h1-2,5-9,11,14H,3-4H2,(H,28,29)(H,30,31). The first-order valence-electron chi connectivity index (χ1n) is 9.74. The van der Waals surface area contributed by atoms with Crippen LogP contribution in [0.15, 0.2) is 42.7 Å². The van der Waals surface area contributed by atoms with Gasteiger partial charge in [-0.05, 0) is 48.7 Å².